The molecule has 0 heterocycles. The highest BCUT2D eigenvalue weighted by atomic mass is 16.2. The Bertz CT molecular complexity index is 472. The lowest BCUT2D eigenvalue weighted by Crippen LogP contribution is -2.35. The van der Waals surface area contributed by atoms with Crippen LogP contribution in [0.1, 0.15) is 32.3 Å². The number of hydrogen-bond acceptors (Lipinski definition) is 3. The number of hydrogen-bond donors (Lipinski definition) is 3. The number of carbonyl (C=O) groups excluding carboxylic acids is 2. The summed E-state index contributed by atoms with van der Waals surface area (Å²) in [6.45, 7) is 5.31. The molecule has 1 aromatic rings. The standard InChI is InChI=1S/C14H21N3O2/c1-4-5-12(15)14(19)17-11-6-7-13(9(2)8-11)16-10(3)18/h6-8,12H,4-5,15H2,1-3H3,(H,16,18)(H,17,19). The van der Waals surface area contributed by atoms with Gasteiger partial charge in [0.2, 0.25) is 11.8 Å². The number of carbonyl (C=O) groups is 2. The smallest absolute Gasteiger partial charge is 0.241 e. The number of nitrogens with one attached hydrogen (secondary N) is 2. The lowest BCUT2D eigenvalue weighted by atomic mass is 10.1. The zero-order chi connectivity index (χ0) is 14.4. The molecule has 0 spiro atoms. The first-order chi connectivity index (χ1) is 8.93. The van der Waals surface area contributed by atoms with Gasteiger partial charge in [-0.25, -0.2) is 0 Å². The Morgan fingerprint density at radius 2 is 2.00 bits per heavy atom. The molecule has 0 saturated heterocycles. The summed E-state index contributed by atoms with van der Waals surface area (Å²) in [6.07, 6.45) is 1.53. The Kier molecular flexibility index (Phi) is 5.51. The van der Waals surface area contributed by atoms with Crippen LogP contribution in [0.15, 0.2) is 18.2 Å². The Morgan fingerprint density at radius 1 is 1.32 bits per heavy atom. The Hall–Kier alpha value is -1.88. The van der Waals surface area contributed by atoms with E-state index in [-0.39, 0.29) is 11.8 Å². The maximum atomic E-state index is 11.8. The molecule has 4 N–H and O–H groups in total. The summed E-state index contributed by atoms with van der Waals surface area (Å²) in [4.78, 5) is 22.8. The molecule has 0 saturated carbocycles. The van der Waals surface area contributed by atoms with Crippen LogP contribution in [0.2, 0.25) is 0 Å². The molecular formula is C14H21N3O2. The van der Waals surface area contributed by atoms with E-state index >= 15 is 0 Å². The first-order valence-corrected chi connectivity index (χ1v) is 6.38. The highest BCUT2D eigenvalue weighted by Gasteiger charge is 2.12. The molecule has 0 fully saturated rings. The summed E-state index contributed by atoms with van der Waals surface area (Å²) in [5.41, 5.74) is 8.05. The number of benzene rings is 1. The Labute approximate surface area is 113 Å². The number of aryl methyl sites for hydroxylation is 1. The van der Waals surface area contributed by atoms with E-state index in [0.29, 0.717) is 12.1 Å². The van der Waals surface area contributed by atoms with Crippen molar-refractivity contribution in [2.75, 3.05) is 10.6 Å². The minimum Gasteiger partial charge on any atom is -0.326 e. The van der Waals surface area contributed by atoms with Crippen LogP contribution < -0.4 is 16.4 Å². The number of rotatable bonds is 5. The van der Waals surface area contributed by atoms with Gasteiger partial charge in [0.15, 0.2) is 0 Å². The summed E-state index contributed by atoms with van der Waals surface area (Å²) in [7, 11) is 0. The zero-order valence-corrected chi connectivity index (χ0v) is 11.6. The second kappa shape index (κ2) is 6.89. The second-order valence-corrected chi connectivity index (χ2v) is 4.60. The largest absolute Gasteiger partial charge is 0.326 e. The van der Waals surface area contributed by atoms with Gasteiger partial charge >= 0.3 is 0 Å². The molecule has 0 aliphatic heterocycles. The molecule has 0 bridgehead atoms. The van der Waals surface area contributed by atoms with Crippen LogP contribution in [0.25, 0.3) is 0 Å². The fraction of sp³-hybridized carbons (Fsp3) is 0.429. The fourth-order valence-corrected chi connectivity index (χ4v) is 1.75. The normalized spacial score (nSPS) is 11.8. The van der Waals surface area contributed by atoms with E-state index in [1.54, 1.807) is 12.1 Å². The molecule has 0 aromatic heterocycles. The van der Waals surface area contributed by atoms with Crippen LogP contribution >= 0.6 is 0 Å². The molecule has 1 atom stereocenters. The summed E-state index contributed by atoms with van der Waals surface area (Å²) in [5, 5.41) is 5.49. The predicted octanol–water partition coefficient (Wildman–Crippen LogP) is 2.02. The van der Waals surface area contributed by atoms with Crippen molar-refractivity contribution in [2.45, 2.75) is 39.7 Å². The average molecular weight is 263 g/mol. The van der Waals surface area contributed by atoms with Gasteiger partial charge < -0.3 is 16.4 Å². The lowest BCUT2D eigenvalue weighted by molar-refractivity contribution is -0.117. The molecule has 19 heavy (non-hydrogen) atoms. The van der Waals surface area contributed by atoms with Crippen LogP contribution in [0.3, 0.4) is 0 Å². The van der Waals surface area contributed by atoms with Gasteiger partial charge in [0, 0.05) is 18.3 Å². The van der Waals surface area contributed by atoms with E-state index in [9.17, 15) is 9.59 Å². The molecule has 5 nitrogen and oxygen atoms in total. The molecule has 1 aromatic carbocycles. The monoisotopic (exact) mass is 263 g/mol. The quantitative estimate of drug-likeness (QED) is 0.759. The molecule has 0 radical (unpaired) electrons. The van der Waals surface area contributed by atoms with Crippen molar-refractivity contribution >= 4 is 23.2 Å². The third kappa shape index (κ3) is 4.71. The van der Waals surface area contributed by atoms with Crippen LogP contribution in [-0.4, -0.2) is 17.9 Å². The lowest BCUT2D eigenvalue weighted by Gasteiger charge is -2.13. The summed E-state index contributed by atoms with van der Waals surface area (Å²) in [5.74, 6) is -0.307. The minimum absolute atomic E-state index is 0.121. The molecule has 2 amide bonds. The van der Waals surface area contributed by atoms with Crippen molar-refractivity contribution in [3.63, 3.8) is 0 Å². The van der Waals surface area contributed by atoms with E-state index in [1.807, 2.05) is 19.9 Å². The molecule has 5 heteroatoms. The van der Waals surface area contributed by atoms with Crippen LogP contribution in [0, 0.1) is 6.92 Å². The van der Waals surface area contributed by atoms with Gasteiger partial charge in [0.25, 0.3) is 0 Å². The van der Waals surface area contributed by atoms with Gasteiger partial charge in [0.05, 0.1) is 6.04 Å². The molecular weight excluding hydrogens is 242 g/mol. The predicted molar refractivity (Wildman–Crippen MR) is 77.0 cm³/mol. The van der Waals surface area contributed by atoms with Gasteiger partial charge in [-0.3, -0.25) is 9.59 Å². The fourth-order valence-electron chi connectivity index (χ4n) is 1.75. The molecule has 1 rings (SSSR count). The highest BCUT2D eigenvalue weighted by molar-refractivity contribution is 5.95. The summed E-state index contributed by atoms with van der Waals surface area (Å²) >= 11 is 0. The van der Waals surface area contributed by atoms with Crippen LogP contribution in [-0.2, 0) is 9.59 Å². The van der Waals surface area contributed by atoms with Crippen molar-refractivity contribution < 1.29 is 9.59 Å². The Balaban J connectivity index is 2.73. The van der Waals surface area contributed by atoms with E-state index in [0.717, 1.165) is 17.7 Å². The maximum absolute atomic E-state index is 11.8. The van der Waals surface area contributed by atoms with Crippen molar-refractivity contribution in [3.8, 4) is 0 Å². The van der Waals surface area contributed by atoms with Crippen LogP contribution in [0.4, 0.5) is 11.4 Å². The maximum Gasteiger partial charge on any atom is 0.241 e. The Morgan fingerprint density at radius 3 is 2.53 bits per heavy atom. The van der Waals surface area contributed by atoms with Crippen molar-refractivity contribution in [2.24, 2.45) is 5.73 Å². The summed E-state index contributed by atoms with van der Waals surface area (Å²) < 4.78 is 0. The third-order valence-corrected chi connectivity index (χ3v) is 2.74. The number of nitrogens with two attached hydrogens (primary N) is 1. The zero-order valence-electron chi connectivity index (χ0n) is 11.6. The molecule has 0 aliphatic rings. The molecule has 0 aliphatic carbocycles. The first kappa shape index (κ1) is 15.2. The van der Waals surface area contributed by atoms with Crippen LogP contribution in [0.5, 0.6) is 0 Å². The minimum atomic E-state index is -0.486. The van der Waals surface area contributed by atoms with Crippen molar-refractivity contribution in [1.82, 2.24) is 0 Å². The highest BCUT2D eigenvalue weighted by Crippen LogP contribution is 2.19. The van der Waals surface area contributed by atoms with Crippen molar-refractivity contribution in [3.05, 3.63) is 23.8 Å². The van der Waals surface area contributed by atoms with E-state index in [1.165, 1.54) is 6.92 Å². The molecule has 104 valence electrons. The van der Waals surface area contributed by atoms with Gasteiger partial charge in [-0.2, -0.15) is 0 Å². The van der Waals surface area contributed by atoms with Crippen molar-refractivity contribution in [1.29, 1.82) is 0 Å². The van der Waals surface area contributed by atoms with Gasteiger partial charge in [0.1, 0.15) is 0 Å². The van der Waals surface area contributed by atoms with Gasteiger partial charge in [-0.05, 0) is 37.1 Å². The van der Waals surface area contributed by atoms with E-state index in [2.05, 4.69) is 10.6 Å². The average Bonchev–Trinajstić information content (AvgIpc) is 2.32. The summed E-state index contributed by atoms with van der Waals surface area (Å²) in [6, 6.07) is 4.83. The third-order valence-electron chi connectivity index (χ3n) is 2.74. The SMILES string of the molecule is CCCC(N)C(=O)Nc1ccc(NC(C)=O)c(C)c1. The van der Waals surface area contributed by atoms with E-state index in [4.69, 9.17) is 5.73 Å². The van der Waals surface area contributed by atoms with Gasteiger partial charge in [-0.15, -0.1) is 0 Å². The topological polar surface area (TPSA) is 84.2 Å². The first-order valence-electron chi connectivity index (χ1n) is 6.38. The van der Waals surface area contributed by atoms with E-state index < -0.39 is 6.04 Å². The number of anilines is 2. The number of amides is 2. The molecule has 1 unspecified atom stereocenters. The van der Waals surface area contributed by atoms with Gasteiger partial charge in [-0.1, -0.05) is 13.3 Å². The second-order valence-electron chi connectivity index (χ2n) is 4.60.